The van der Waals surface area contributed by atoms with E-state index >= 15 is 0 Å². The van der Waals surface area contributed by atoms with Gasteiger partial charge in [0.2, 0.25) is 5.91 Å². The molecule has 3 aliphatic rings. The topological polar surface area (TPSA) is 49.8 Å². The minimum Gasteiger partial charge on any atom is -0.389 e. The summed E-state index contributed by atoms with van der Waals surface area (Å²) in [5, 5.41) is 10.7. The third kappa shape index (κ3) is 3.11. The molecule has 21 heavy (non-hydrogen) atoms. The molecule has 0 bridgehead atoms. The van der Waals surface area contributed by atoms with Crippen molar-refractivity contribution in [3.05, 3.63) is 0 Å². The lowest BCUT2D eigenvalue weighted by Crippen LogP contribution is -2.55. The van der Waals surface area contributed by atoms with Crippen molar-refractivity contribution >= 4 is 5.91 Å². The van der Waals surface area contributed by atoms with Crippen LogP contribution in [-0.2, 0) is 9.53 Å². The number of carbonyl (C=O) groups is 1. The minimum absolute atomic E-state index is 0.101. The van der Waals surface area contributed by atoms with E-state index < -0.39 is 5.60 Å². The molecule has 3 unspecified atom stereocenters. The van der Waals surface area contributed by atoms with Gasteiger partial charge in [-0.05, 0) is 38.0 Å². The molecular weight excluding hydrogens is 266 g/mol. The maximum Gasteiger partial charge on any atom is 0.225 e. The molecule has 0 aromatic carbocycles. The van der Waals surface area contributed by atoms with Crippen molar-refractivity contribution in [1.82, 2.24) is 4.90 Å². The first-order valence-corrected chi connectivity index (χ1v) is 8.69. The smallest absolute Gasteiger partial charge is 0.225 e. The van der Waals surface area contributed by atoms with E-state index in [1.807, 2.05) is 4.90 Å². The second-order valence-corrected chi connectivity index (χ2v) is 7.32. The predicted octanol–water partition coefficient (Wildman–Crippen LogP) is 2.20. The summed E-state index contributed by atoms with van der Waals surface area (Å²) in [4.78, 5) is 14.8. The van der Waals surface area contributed by atoms with E-state index in [9.17, 15) is 9.90 Å². The highest BCUT2D eigenvalue weighted by molar-refractivity contribution is 5.79. The lowest BCUT2D eigenvalue weighted by Gasteiger charge is -2.48. The molecule has 2 aliphatic heterocycles. The van der Waals surface area contributed by atoms with Crippen LogP contribution < -0.4 is 0 Å². The summed E-state index contributed by atoms with van der Waals surface area (Å²) >= 11 is 0. The maximum absolute atomic E-state index is 12.8. The molecule has 3 rings (SSSR count). The first-order chi connectivity index (χ1) is 10.1. The number of hydrogen-bond donors (Lipinski definition) is 1. The average molecular weight is 295 g/mol. The van der Waals surface area contributed by atoms with Crippen LogP contribution in [0.4, 0.5) is 0 Å². The van der Waals surface area contributed by atoms with Crippen LogP contribution in [0.3, 0.4) is 0 Å². The monoisotopic (exact) mass is 295 g/mol. The van der Waals surface area contributed by atoms with Gasteiger partial charge in [-0.15, -0.1) is 0 Å². The molecule has 3 atom stereocenters. The Morgan fingerprint density at radius 3 is 2.76 bits per heavy atom. The summed E-state index contributed by atoms with van der Waals surface area (Å²) in [5.74, 6) is 1.17. The maximum atomic E-state index is 12.8. The van der Waals surface area contributed by atoms with E-state index in [1.165, 1.54) is 6.42 Å². The zero-order valence-corrected chi connectivity index (χ0v) is 13.2. The summed E-state index contributed by atoms with van der Waals surface area (Å²) in [7, 11) is 0. The standard InChI is InChI=1S/C17H29NO3/c1-13(14-5-10-21-11-6-14)16(19)18-9-8-17(20)7-3-2-4-15(17)12-18/h13-15,20H,2-12H2,1H3. The fourth-order valence-electron chi connectivity index (χ4n) is 4.48. The molecule has 1 saturated carbocycles. The molecule has 120 valence electrons. The third-order valence-electron chi connectivity index (χ3n) is 6.10. The highest BCUT2D eigenvalue weighted by Crippen LogP contribution is 2.40. The molecule has 0 radical (unpaired) electrons. The Kier molecular flexibility index (Phi) is 4.55. The van der Waals surface area contributed by atoms with Crippen molar-refractivity contribution in [2.75, 3.05) is 26.3 Å². The summed E-state index contributed by atoms with van der Waals surface area (Å²) in [6.07, 6.45) is 7.12. The second kappa shape index (κ2) is 6.25. The van der Waals surface area contributed by atoms with Gasteiger partial charge in [-0.2, -0.15) is 0 Å². The van der Waals surface area contributed by atoms with E-state index in [0.29, 0.717) is 17.7 Å². The number of amides is 1. The van der Waals surface area contributed by atoms with Gasteiger partial charge in [0.15, 0.2) is 0 Å². The van der Waals surface area contributed by atoms with E-state index in [2.05, 4.69) is 6.92 Å². The Morgan fingerprint density at radius 2 is 2.00 bits per heavy atom. The number of ether oxygens (including phenoxy) is 1. The first kappa shape index (κ1) is 15.3. The Morgan fingerprint density at radius 1 is 1.24 bits per heavy atom. The molecule has 0 aromatic heterocycles. The number of aliphatic hydroxyl groups is 1. The highest BCUT2D eigenvalue weighted by atomic mass is 16.5. The molecule has 4 nitrogen and oxygen atoms in total. The van der Waals surface area contributed by atoms with Crippen molar-refractivity contribution in [3.63, 3.8) is 0 Å². The summed E-state index contributed by atoms with van der Waals surface area (Å²) in [6, 6.07) is 0. The number of piperidine rings is 1. The molecule has 0 aromatic rings. The van der Waals surface area contributed by atoms with Gasteiger partial charge in [0.1, 0.15) is 0 Å². The number of hydrogen-bond acceptors (Lipinski definition) is 3. The molecule has 2 saturated heterocycles. The van der Waals surface area contributed by atoms with Gasteiger partial charge in [0.25, 0.3) is 0 Å². The predicted molar refractivity (Wildman–Crippen MR) is 80.8 cm³/mol. The van der Waals surface area contributed by atoms with Crippen molar-refractivity contribution in [1.29, 1.82) is 0 Å². The van der Waals surface area contributed by atoms with Crippen molar-refractivity contribution in [2.24, 2.45) is 17.8 Å². The second-order valence-electron chi connectivity index (χ2n) is 7.32. The zero-order valence-electron chi connectivity index (χ0n) is 13.2. The Balaban J connectivity index is 1.60. The number of likely N-dealkylation sites (tertiary alicyclic amines) is 1. The van der Waals surface area contributed by atoms with Crippen LogP contribution in [0, 0.1) is 17.8 Å². The molecule has 4 heteroatoms. The molecule has 2 heterocycles. The lowest BCUT2D eigenvalue weighted by atomic mass is 9.71. The Hall–Kier alpha value is -0.610. The van der Waals surface area contributed by atoms with Gasteiger partial charge in [-0.25, -0.2) is 0 Å². The van der Waals surface area contributed by atoms with Gasteiger partial charge < -0.3 is 14.7 Å². The number of nitrogens with zero attached hydrogens (tertiary/aromatic N) is 1. The fraction of sp³-hybridized carbons (Fsp3) is 0.941. The number of fused-ring (bicyclic) bond motifs is 1. The van der Waals surface area contributed by atoms with Gasteiger partial charge in [-0.1, -0.05) is 19.8 Å². The molecule has 3 fully saturated rings. The number of rotatable bonds is 2. The summed E-state index contributed by atoms with van der Waals surface area (Å²) in [6.45, 7) is 5.18. The summed E-state index contributed by atoms with van der Waals surface area (Å²) < 4.78 is 5.40. The van der Waals surface area contributed by atoms with Crippen LogP contribution in [0.2, 0.25) is 0 Å². The van der Waals surface area contributed by atoms with Crippen LogP contribution in [0.1, 0.15) is 51.9 Å². The quantitative estimate of drug-likeness (QED) is 0.849. The number of carbonyl (C=O) groups excluding carboxylic acids is 1. The van der Waals surface area contributed by atoms with Crippen LogP contribution in [-0.4, -0.2) is 47.8 Å². The highest BCUT2D eigenvalue weighted by Gasteiger charge is 2.44. The Labute approximate surface area is 127 Å². The molecule has 0 spiro atoms. The minimum atomic E-state index is -0.489. The van der Waals surface area contributed by atoms with E-state index in [-0.39, 0.29) is 5.92 Å². The largest absolute Gasteiger partial charge is 0.389 e. The Bertz CT molecular complexity index is 380. The van der Waals surface area contributed by atoms with Crippen LogP contribution in [0.25, 0.3) is 0 Å². The van der Waals surface area contributed by atoms with Gasteiger partial charge in [-0.3, -0.25) is 4.79 Å². The van der Waals surface area contributed by atoms with Crippen molar-refractivity contribution < 1.29 is 14.6 Å². The average Bonchev–Trinajstić information content (AvgIpc) is 2.53. The van der Waals surface area contributed by atoms with Gasteiger partial charge >= 0.3 is 0 Å². The molecule has 1 amide bonds. The lowest BCUT2D eigenvalue weighted by molar-refractivity contribution is -0.149. The molecule has 1 aliphatic carbocycles. The zero-order chi connectivity index (χ0) is 14.9. The van der Waals surface area contributed by atoms with E-state index in [1.54, 1.807) is 0 Å². The summed E-state index contributed by atoms with van der Waals surface area (Å²) in [5.41, 5.74) is -0.489. The molecule has 1 N–H and O–H groups in total. The molecular formula is C17H29NO3. The third-order valence-corrected chi connectivity index (χ3v) is 6.10. The van der Waals surface area contributed by atoms with Crippen LogP contribution in [0.5, 0.6) is 0 Å². The SMILES string of the molecule is CC(C(=O)N1CCC2(O)CCCCC2C1)C1CCOCC1. The van der Waals surface area contributed by atoms with E-state index in [4.69, 9.17) is 4.74 Å². The fourth-order valence-corrected chi connectivity index (χ4v) is 4.48. The van der Waals surface area contributed by atoms with Crippen molar-refractivity contribution in [2.45, 2.75) is 57.5 Å². The van der Waals surface area contributed by atoms with E-state index in [0.717, 1.165) is 64.8 Å². The van der Waals surface area contributed by atoms with Gasteiger partial charge in [0, 0.05) is 38.1 Å². The van der Waals surface area contributed by atoms with Crippen LogP contribution >= 0.6 is 0 Å². The first-order valence-electron chi connectivity index (χ1n) is 8.69. The van der Waals surface area contributed by atoms with Gasteiger partial charge in [0.05, 0.1) is 5.60 Å². The van der Waals surface area contributed by atoms with Crippen LogP contribution in [0.15, 0.2) is 0 Å². The normalized spacial score (nSPS) is 36.1. The van der Waals surface area contributed by atoms with Crippen molar-refractivity contribution in [3.8, 4) is 0 Å².